The Morgan fingerprint density at radius 1 is 1.27 bits per heavy atom. The quantitative estimate of drug-likeness (QED) is 0.489. The summed E-state index contributed by atoms with van der Waals surface area (Å²) in [5, 5.41) is 1.69. The summed E-state index contributed by atoms with van der Waals surface area (Å²) in [7, 11) is 0. The standard InChI is InChI=1S/C19H26N4OS2/c1-12-6-5-9-23(10-12)15(24)11-25-19-21-17(20)16-13-7-3-2-4-8-14(13)26-18(16)22-19/h12H,2-11H2,1H3,(H2,20,21,22)/t12-/m1/s1. The van der Waals surface area contributed by atoms with E-state index in [2.05, 4.69) is 11.9 Å². The van der Waals surface area contributed by atoms with Crippen LogP contribution in [0.4, 0.5) is 5.82 Å². The molecule has 0 bridgehead atoms. The smallest absolute Gasteiger partial charge is 0.233 e. The SMILES string of the molecule is C[C@@H]1CCCN(C(=O)CSc2nc(N)c3c4c(sc3n2)CCCCC4)C1. The van der Waals surface area contributed by atoms with E-state index in [1.54, 1.807) is 11.3 Å². The van der Waals surface area contributed by atoms with E-state index in [9.17, 15) is 4.79 Å². The first-order chi connectivity index (χ1) is 12.6. The van der Waals surface area contributed by atoms with Crippen molar-refractivity contribution >= 4 is 45.0 Å². The van der Waals surface area contributed by atoms with E-state index in [0.717, 1.165) is 42.6 Å². The molecule has 2 aliphatic rings. The van der Waals surface area contributed by atoms with Crippen LogP contribution in [-0.4, -0.2) is 39.6 Å². The Morgan fingerprint density at radius 2 is 2.12 bits per heavy atom. The molecule has 3 heterocycles. The predicted octanol–water partition coefficient (Wildman–Crippen LogP) is 3.89. The summed E-state index contributed by atoms with van der Waals surface area (Å²) < 4.78 is 0. The second kappa shape index (κ2) is 7.72. The molecule has 1 atom stereocenters. The van der Waals surface area contributed by atoms with E-state index in [1.807, 2.05) is 4.90 Å². The van der Waals surface area contributed by atoms with Crippen LogP contribution in [0.1, 0.15) is 49.5 Å². The number of piperidine rings is 1. The maximum atomic E-state index is 12.5. The van der Waals surface area contributed by atoms with Gasteiger partial charge in [0.15, 0.2) is 5.16 Å². The average Bonchev–Trinajstić information content (AvgIpc) is 2.82. The van der Waals surface area contributed by atoms with E-state index >= 15 is 0 Å². The summed E-state index contributed by atoms with van der Waals surface area (Å²) in [5.74, 6) is 1.76. The summed E-state index contributed by atoms with van der Waals surface area (Å²) in [6.45, 7) is 3.97. The Bertz CT molecular complexity index is 819. The predicted molar refractivity (Wildman–Crippen MR) is 109 cm³/mol. The van der Waals surface area contributed by atoms with Crippen molar-refractivity contribution in [2.75, 3.05) is 24.6 Å². The van der Waals surface area contributed by atoms with Gasteiger partial charge in [0.05, 0.1) is 11.1 Å². The lowest BCUT2D eigenvalue weighted by atomic mass is 10.0. The lowest BCUT2D eigenvalue weighted by molar-refractivity contribution is -0.130. The van der Waals surface area contributed by atoms with Crippen molar-refractivity contribution in [1.29, 1.82) is 0 Å². The molecule has 1 aliphatic heterocycles. The Balaban J connectivity index is 1.50. The molecule has 4 rings (SSSR count). The first-order valence-electron chi connectivity index (χ1n) is 9.60. The summed E-state index contributed by atoms with van der Waals surface area (Å²) in [5.41, 5.74) is 7.66. The molecular formula is C19H26N4OS2. The highest BCUT2D eigenvalue weighted by Crippen LogP contribution is 2.38. The third kappa shape index (κ3) is 3.69. The lowest BCUT2D eigenvalue weighted by Gasteiger charge is -2.30. The molecule has 7 heteroatoms. The molecule has 1 fully saturated rings. The van der Waals surface area contributed by atoms with Gasteiger partial charge in [-0.2, -0.15) is 0 Å². The second-order valence-electron chi connectivity index (χ2n) is 7.51. The van der Waals surface area contributed by atoms with Crippen LogP contribution >= 0.6 is 23.1 Å². The van der Waals surface area contributed by atoms with Crippen LogP contribution in [0.15, 0.2) is 5.16 Å². The maximum Gasteiger partial charge on any atom is 0.233 e. The van der Waals surface area contributed by atoms with Crippen LogP contribution in [0.5, 0.6) is 0 Å². The number of carbonyl (C=O) groups excluding carboxylic acids is 1. The van der Waals surface area contributed by atoms with Gasteiger partial charge >= 0.3 is 0 Å². The molecule has 0 saturated carbocycles. The van der Waals surface area contributed by atoms with Gasteiger partial charge < -0.3 is 10.6 Å². The number of thiophene rings is 1. The second-order valence-corrected chi connectivity index (χ2v) is 9.54. The molecule has 0 radical (unpaired) electrons. The third-order valence-electron chi connectivity index (χ3n) is 5.41. The molecule has 1 amide bonds. The molecule has 0 aromatic carbocycles. The lowest BCUT2D eigenvalue weighted by Crippen LogP contribution is -2.40. The van der Waals surface area contributed by atoms with Gasteiger partial charge in [0, 0.05) is 18.0 Å². The van der Waals surface area contributed by atoms with Crippen molar-refractivity contribution in [2.24, 2.45) is 5.92 Å². The Hall–Kier alpha value is -1.34. The van der Waals surface area contributed by atoms with Crippen molar-refractivity contribution < 1.29 is 4.79 Å². The molecule has 2 aromatic rings. The molecule has 0 unspecified atom stereocenters. The van der Waals surface area contributed by atoms with Crippen LogP contribution < -0.4 is 5.73 Å². The molecule has 5 nitrogen and oxygen atoms in total. The van der Waals surface area contributed by atoms with Crippen molar-refractivity contribution in [3.63, 3.8) is 0 Å². The largest absolute Gasteiger partial charge is 0.383 e. The van der Waals surface area contributed by atoms with Gasteiger partial charge in [-0.3, -0.25) is 4.79 Å². The highest BCUT2D eigenvalue weighted by atomic mass is 32.2. The number of carbonyl (C=O) groups is 1. The van der Waals surface area contributed by atoms with Crippen LogP contribution in [-0.2, 0) is 17.6 Å². The number of likely N-dealkylation sites (tertiary alicyclic amines) is 1. The monoisotopic (exact) mass is 390 g/mol. The molecule has 26 heavy (non-hydrogen) atoms. The first-order valence-corrected chi connectivity index (χ1v) is 11.4. The van der Waals surface area contributed by atoms with Gasteiger partial charge in [-0.05, 0) is 50.0 Å². The number of amides is 1. The number of aromatic nitrogens is 2. The van der Waals surface area contributed by atoms with Crippen molar-refractivity contribution in [3.8, 4) is 0 Å². The zero-order chi connectivity index (χ0) is 18.1. The molecule has 2 N–H and O–H groups in total. The zero-order valence-corrected chi connectivity index (χ0v) is 16.9. The normalized spacial score (nSPS) is 20.8. The van der Waals surface area contributed by atoms with Gasteiger partial charge in [-0.15, -0.1) is 11.3 Å². The highest BCUT2D eigenvalue weighted by Gasteiger charge is 2.22. The number of hydrogen-bond donors (Lipinski definition) is 1. The fourth-order valence-electron chi connectivity index (χ4n) is 4.04. The number of aryl methyl sites for hydroxylation is 2. The van der Waals surface area contributed by atoms with E-state index in [0.29, 0.717) is 22.6 Å². The van der Waals surface area contributed by atoms with E-state index in [4.69, 9.17) is 10.7 Å². The highest BCUT2D eigenvalue weighted by molar-refractivity contribution is 7.99. The fourth-order valence-corrected chi connectivity index (χ4v) is 6.12. The third-order valence-corrected chi connectivity index (χ3v) is 7.42. The number of nitrogen functional groups attached to an aromatic ring is 1. The van der Waals surface area contributed by atoms with E-state index in [-0.39, 0.29) is 5.91 Å². The van der Waals surface area contributed by atoms with Gasteiger partial charge in [-0.1, -0.05) is 25.1 Å². The minimum atomic E-state index is 0.186. The average molecular weight is 391 g/mol. The maximum absolute atomic E-state index is 12.5. The number of anilines is 1. The molecular weight excluding hydrogens is 364 g/mol. The minimum Gasteiger partial charge on any atom is -0.383 e. The van der Waals surface area contributed by atoms with Crippen molar-refractivity contribution in [1.82, 2.24) is 14.9 Å². The van der Waals surface area contributed by atoms with Crippen LogP contribution in [0.2, 0.25) is 0 Å². The van der Waals surface area contributed by atoms with Gasteiger partial charge in [0.2, 0.25) is 5.91 Å². The molecule has 1 saturated heterocycles. The fraction of sp³-hybridized carbons (Fsp3) is 0.632. The molecule has 140 valence electrons. The Morgan fingerprint density at radius 3 is 2.96 bits per heavy atom. The van der Waals surface area contributed by atoms with Crippen molar-refractivity contribution in [3.05, 3.63) is 10.4 Å². The van der Waals surface area contributed by atoms with E-state index < -0.39 is 0 Å². The first kappa shape index (κ1) is 18.0. The molecule has 0 spiro atoms. The number of rotatable bonds is 3. The van der Waals surface area contributed by atoms with Crippen LogP contribution in [0.3, 0.4) is 0 Å². The topological polar surface area (TPSA) is 72.1 Å². The summed E-state index contributed by atoms with van der Waals surface area (Å²) in [6.07, 6.45) is 8.29. The number of nitrogens with zero attached hydrogens (tertiary/aromatic N) is 3. The number of fused-ring (bicyclic) bond motifs is 3. The summed E-state index contributed by atoms with van der Waals surface area (Å²) in [6, 6.07) is 0. The number of thioether (sulfide) groups is 1. The summed E-state index contributed by atoms with van der Waals surface area (Å²) in [4.78, 5) is 26.1. The van der Waals surface area contributed by atoms with Gasteiger partial charge in [0.1, 0.15) is 10.6 Å². The van der Waals surface area contributed by atoms with Crippen LogP contribution in [0, 0.1) is 5.92 Å². The zero-order valence-electron chi connectivity index (χ0n) is 15.3. The Labute approximate surface area is 162 Å². The van der Waals surface area contributed by atoms with Crippen molar-refractivity contribution in [2.45, 2.75) is 57.0 Å². The van der Waals surface area contributed by atoms with E-state index in [1.165, 1.54) is 47.9 Å². The van der Waals surface area contributed by atoms with Crippen LogP contribution in [0.25, 0.3) is 10.2 Å². The van der Waals surface area contributed by atoms with Gasteiger partial charge in [-0.25, -0.2) is 9.97 Å². The Kier molecular flexibility index (Phi) is 5.36. The molecule has 1 aliphatic carbocycles. The number of hydrogen-bond acceptors (Lipinski definition) is 6. The molecule has 2 aromatic heterocycles. The van der Waals surface area contributed by atoms with Gasteiger partial charge in [0.25, 0.3) is 0 Å². The minimum absolute atomic E-state index is 0.186. The number of nitrogens with two attached hydrogens (primary N) is 1. The summed E-state index contributed by atoms with van der Waals surface area (Å²) >= 11 is 3.18.